The molecule has 0 aromatic heterocycles. The van der Waals surface area contributed by atoms with Gasteiger partial charge in [0.2, 0.25) is 5.91 Å². The first-order valence-corrected chi connectivity index (χ1v) is 5.25. The second-order valence-corrected chi connectivity index (χ2v) is 3.71. The minimum atomic E-state index is -0.276. The summed E-state index contributed by atoms with van der Waals surface area (Å²) in [6.45, 7) is 7.69. The van der Waals surface area contributed by atoms with Crippen LogP contribution in [-0.4, -0.2) is 43.0 Å². The molecule has 0 rings (SSSR count). The zero-order chi connectivity index (χ0) is 11.1. The van der Waals surface area contributed by atoms with Crippen molar-refractivity contribution in [2.75, 3.05) is 20.1 Å². The number of nitrogens with two attached hydrogens (primary N) is 1. The second kappa shape index (κ2) is 6.79. The number of hydrogen-bond acceptors (Lipinski definition) is 3. The molecule has 0 fully saturated rings. The number of carbonyl (C=O) groups is 1. The Morgan fingerprint density at radius 2 is 2.07 bits per heavy atom. The quantitative estimate of drug-likeness (QED) is 0.618. The summed E-state index contributed by atoms with van der Waals surface area (Å²) in [7, 11) is 2.02. The van der Waals surface area contributed by atoms with Crippen molar-refractivity contribution in [3.8, 4) is 0 Å². The van der Waals surface area contributed by atoms with E-state index in [0.717, 1.165) is 13.0 Å². The first-order chi connectivity index (χ1) is 6.52. The van der Waals surface area contributed by atoms with Gasteiger partial charge in [0.25, 0.3) is 0 Å². The predicted octanol–water partition coefficient (Wildman–Crippen LogP) is 0.180. The third kappa shape index (κ3) is 4.58. The Balaban J connectivity index is 4.08. The largest absolute Gasteiger partial charge is 0.368 e. The fraction of sp³-hybridized carbons (Fsp3) is 0.900. The Bertz CT molecular complexity index is 173. The van der Waals surface area contributed by atoms with E-state index in [1.807, 2.05) is 14.0 Å². The van der Waals surface area contributed by atoms with Crippen LogP contribution in [0.4, 0.5) is 0 Å². The lowest BCUT2D eigenvalue weighted by atomic mass is 10.2. The van der Waals surface area contributed by atoms with Gasteiger partial charge in [-0.05, 0) is 26.9 Å². The summed E-state index contributed by atoms with van der Waals surface area (Å²) < 4.78 is 0. The highest BCUT2D eigenvalue weighted by molar-refractivity contribution is 5.80. The van der Waals surface area contributed by atoms with Crippen molar-refractivity contribution in [2.45, 2.75) is 39.3 Å². The number of amides is 1. The minimum Gasteiger partial charge on any atom is -0.368 e. The van der Waals surface area contributed by atoms with Crippen molar-refractivity contribution >= 4 is 5.91 Å². The van der Waals surface area contributed by atoms with Crippen LogP contribution >= 0.6 is 0 Å². The van der Waals surface area contributed by atoms with E-state index in [2.05, 4.69) is 24.1 Å². The lowest BCUT2D eigenvalue weighted by Gasteiger charge is -2.27. The first-order valence-electron chi connectivity index (χ1n) is 5.25. The van der Waals surface area contributed by atoms with Gasteiger partial charge in [0, 0.05) is 12.6 Å². The van der Waals surface area contributed by atoms with E-state index in [-0.39, 0.29) is 11.9 Å². The number of rotatable bonds is 7. The molecule has 0 aromatic rings. The summed E-state index contributed by atoms with van der Waals surface area (Å²) in [5.41, 5.74) is 5.28. The topological polar surface area (TPSA) is 58.4 Å². The van der Waals surface area contributed by atoms with E-state index in [9.17, 15) is 4.79 Å². The highest BCUT2D eigenvalue weighted by Gasteiger charge is 2.18. The molecule has 0 bridgehead atoms. The lowest BCUT2D eigenvalue weighted by molar-refractivity contribution is -0.120. The van der Waals surface area contributed by atoms with Gasteiger partial charge in [-0.15, -0.1) is 0 Å². The summed E-state index contributed by atoms with van der Waals surface area (Å²) in [5.74, 6) is -0.276. The Kier molecular flexibility index (Phi) is 6.49. The second-order valence-electron chi connectivity index (χ2n) is 3.71. The molecule has 0 saturated heterocycles. The van der Waals surface area contributed by atoms with Crippen LogP contribution in [0, 0.1) is 0 Å². The maximum Gasteiger partial charge on any atom is 0.235 e. The van der Waals surface area contributed by atoms with Crippen molar-refractivity contribution in [2.24, 2.45) is 5.73 Å². The van der Waals surface area contributed by atoms with Crippen molar-refractivity contribution in [1.29, 1.82) is 0 Å². The molecule has 0 aromatic carbocycles. The summed E-state index contributed by atoms with van der Waals surface area (Å²) in [6, 6.07) is 0.245. The Morgan fingerprint density at radius 3 is 2.43 bits per heavy atom. The average Bonchev–Trinajstić information content (AvgIpc) is 2.15. The molecule has 0 aliphatic carbocycles. The van der Waals surface area contributed by atoms with Crippen LogP contribution in [0.1, 0.15) is 27.2 Å². The molecule has 1 amide bonds. The molecule has 0 aliphatic rings. The molecule has 0 radical (unpaired) electrons. The SMILES string of the molecule is CCNC(CN(C)C(C)CC)C(N)=O. The molecule has 4 heteroatoms. The lowest BCUT2D eigenvalue weighted by Crippen LogP contribution is -2.49. The smallest absolute Gasteiger partial charge is 0.235 e. The van der Waals surface area contributed by atoms with E-state index in [0.29, 0.717) is 12.6 Å². The highest BCUT2D eigenvalue weighted by atomic mass is 16.1. The average molecular weight is 201 g/mol. The van der Waals surface area contributed by atoms with E-state index in [1.54, 1.807) is 0 Å². The fourth-order valence-electron chi connectivity index (χ4n) is 1.28. The van der Waals surface area contributed by atoms with E-state index >= 15 is 0 Å². The maximum atomic E-state index is 11.1. The fourth-order valence-corrected chi connectivity index (χ4v) is 1.28. The number of nitrogens with one attached hydrogen (secondary N) is 1. The first kappa shape index (κ1) is 13.4. The molecular formula is C10H23N3O. The Labute approximate surface area is 86.8 Å². The third-order valence-electron chi connectivity index (χ3n) is 2.61. The van der Waals surface area contributed by atoms with Crippen molar-refractivity contribution in [3.63, 3.8) is 0 Å². The monoisotopic (exact) mass is 201 g/mol. The van der Waals surface area contributed by atoms with Crippen LogP contribution < -0.4 is 11.1 Å². The molecule has 84 valence electrons. The number of likely N-dealkylation sites (N-methyl/N-ethyl adjacent to an activating group) is 2. The van der Waals surface area contributed by atoms with Crippen molar-refractivity contribution in [3.05, 3.63) is 0 Å². The van der Waals surface area contributed by atoms with Crippen LogP contribution in [0.3, 0.4) is 0 Å². The summed E-state index contributed by atoms with van der Waals surface area (Å²) in [5, 5.41) is 3.08. The molecule has 0 spiro atoms. The Hall–Kier alpha value is -0.610. The molecule has 2 atom stereocenters. The van der Waals surface area contributed by atoms with E-state index in [4.69, 9.17) is 5.73 Å². The molecule has 4 nitrogen and oxygen atoms in total. The van der Waals surface area contributed by atoms with Crippen LogP contribution in [0.15, 0.2) is 0 Å². The summed E-state index contributed by atoms with van der Waals surface area (Å²) in [4.78, 5) is 13.2. The number of hydrogen-bond donors (Lipinski definition) is 2. The van der Waals surface area contributed by atoms with Gasteiger partial charge >= 0.3 is 0 Å². The third-order valence-corrected chi connectivity index (χ3v) is 2.61. The van der Waals surface area contributed by atoms with Crippen molar-refractivity contribution in [1.82, 2.24) is 10.2 Å². The van der Waals surface area contributed by atoms with Gasteiger partial charge in [-0.25, -0.2) is 0 Å². The van der Waals surface area contributed by atoms with Crippen LogP contribution in [0.5, 0.6) is 0 Å². The van der Waals surface area contributed by atoms with Gasteiger partial charge in [0.15, 0.2) is 0 Å². The number of primary amides is 1. The number of nitrogens with zero attached hydrogens (tertiary/aromatic N) is 1. The van der Waals surface area contributed by atoms with Gasteiger partial charge in [-0.2, -0.15) is 0 Å². The van der Waals surface area contributed by atoms with Crippen LogP contribution in [-0.2, 0) is 4.79 Å². The normalized spacial score (nSPS) is 15.5. The highest BCUT2D eigenvalue weighted by Crippen LogP contribution is 2.00. The van der Waals surface area contributed by atoms with E-state index in [1.165, 1.54) is 0 Å². The molecule has 0 saturated carbocycles. The summed E-state index contributed by atoms with van der Waals surface area (Å²) in [6.07, 6.45) is 1.08. The molecule has 14 heavy (non-hydrogen) atoms. The molecule has 2 unspecified atom stereocenters. The zero-order valence-corrected chi connectivity index (χ0v) is 9.71. The van der Waals surface area contributed by atoms with Gasteiger partial charge in [-0.1, -0.05) is 13.8 Å². The zero-order valence-electron chi connectivity index (χ0n) is 9.71. The minimum absolute atomic E-state index is 0.237. The summed E-state index contributed by atoms with van der Waals surface area (Å²) >= 11 is 0. The molecule has 0 heterocycles. The van der Waals surface area contributed by atoms with E-state index < -0.39 is 0 Å². The van der Waals surface area contributed by atoms with Crippen LogP contribution in [0.25, 0.3) is 0 Å². The molecular weight excluding hydrogens is 178 g/mol. The number of carbonyl (C=O) groups excluding carboxylic acids is 1. The van der Waals surface area contributed by atoms with Crippen LogP contribution in [0.2, 0.25) is 0 Å². The van der Waals surface area contributed by atoms with Crippen molar-refractivity contribution < 1.29 is 4.79 Å². The van der Waals surface area contributed by atoms with Gasteiger partial charge < -0.3 is 16.0 Å². The molecule has 0 aliphatic heterocycles. The predicted molar refractivity (Wildman–Crippen MR) is 59.0 cm³/mol. The Morgan fingerprint density at radius 1 is 1.50 bits per heavy atom. The molecule has 3 N–H and O–H groups in total. The van der Waals surface area contributed by atoms with Gasteiger partial charge in [0.05, 0.1) is 6.04 Å². The van der Waals surface area contributed by atoms with Gasteiger partial charge in [0.1, 0.15) is 0 Å². The maximum absolute atomic E-state index is 11.1. The van der Waals surface area contributed by atoms with Gasteiger partial charge in [-0.3, -0.25) is 4.79 Å². The standard InChI is InChI=1S/C10H23N3O/c1-5-8(3)13(4)7-9(10(11)14)12-6-2/h8-9,12H,5-7H2,1-4H3,(H2,11,14).